The maximum absolute atomic E-state index is 12.7. The molecule has 0 unspecified atom stereocenters. The average molecular weight is 444 g/mol. The van der Waals surface area contributed by atoms with Gasteiger partial charge in [-0.25, -0.2) is 4.79 Å². The zero-order valence-corrected chi connectivity index (χ0v) is 17.7. The van der Waals surface area contributed by atoms with Crippen molar-refractivity contribution in [2.75, 3.05) is 20.8 Å². The van der Waals surface area contributed by atoms with Gasteiger partial charge in [0.15, 0.2) is 0 Å². The third-order valence-electron chi connectivity index (χ3n) is 3.94. The smallest absolute Gasteiger partial charge is 0.393 e. The van der Waals surface area contributed by atoms with Crippen molar-refractivity contribution in [3.8, 4) is 0 Å². The van der Waals surface area contributed by atoms with Gasteiger partial charge < -0.3 is 23.2 Å². The summed E-state index contributed by atoms with van der Waals surface area (Å²) in [5.74, 6) is -0.774. The van der Waals surface area contributed by atoms with E-state index >= 15 is 0 Å². The Kier molecular flexibility index (Phi) is 6.59. The fraction of sp³-hybridized carbons (Fsp3) is 0.857. The molecule has 0 spiro atoms. The molecule has 1 amide bonds. The fourth-order valence-electron chi connectivity index (χ4n) is 2.74. The number of carbonyl (C=O) groups excluding carboxylic acids is 2. The number of thioether (sulfide) groups is 1. The van der Waals surface area contributed by atoms with Crippen LogP contribution in [0.3, 0.4) is 0 Å². The molecule has 24 heavy (non-hydrogen) atoms. The maximum Gasteiger partial charge on any atom is 0.398 e. The summed E-state index contributed by atoms with van der Waals surface area (Å²) in [5, 5.41) is -0.272. The fourth-order valence-corrected chi connectivity index (χ4v) is 5.72. The Morgan fingerprint density at radius 2 is 2.00 bits per heavy atom. The predicted molar refractivity (Wildman–Crippen MR) is 95.6 cm³/mol. The van der Waals surface area contributed by atoms with E-state index in [4.69, 9.17) is 18.3 Å². The first-order chi connectivity index (χ1) is 11.2. The lowest BCUT2D eigenvalue weighted by atomic mass is 9.97. The third-order valence-corrected chi connectivity index (χ3v) is 7.79. The van der Waals surface area contributed by atoms with Crippen molar-refractivity contribution >= 4 is 48.2 Å². The highest BCUT2D eigenvalue weighted by molar-refractivity contribution is 9.10. The van der Waals surface area contributed by atoms with Crippen LogP contribution in [0.25, 0.3) is 0 Å². The second-order valence-corrected chi connectivity index (χ2v) is 10.3. The van der Waals surface area contributed by atoms with Gasteiger partial charge in [-0.1, -0.05) is 13.3 Å². The van der Waals surface area contributed by atoms with Crippen LogP contribution in [-0.4, -0.2) is 58.3 Å². The molecule has 10 heteroatoms. The molecule has 2 heterocycles. The molecule has 2 aliphatic heterocycles. The van der Waals surface area contributed by atoms with E-state index in [-0.39, 0.29) is 11.3 Å². The summed E-state index contributed by atoms with van der Waals surface area (Å²) in [6.45, 7) is 6.38. The number of nitrogens with zero attached hydrogens (tertiary/aromatic N) is 1. The third kappa shape index (κ3) is 3.48. The van der Waals surface area contributed by atoms with Crippen LogP contribution in [0.1, 0.15) is 33.6 Å². The number of carbonyl (C=O) groups is 2. The van der Waals surface area contributed by atoms with E-state index in [2.05, 4.69) is 22.9 Å². The summed E-state index contributed by atoms with van der Waals surface area (Å²) >= 11 is 4.97. The topological polar surface area (TPSA) is 74.3 Å². The second kappa shape index (κ2) is 7.76. The second-order valence-electron chi connectivity index (χ2n) is 6.03. The van der Waals surface area contributed by atoms with Crippen LogP contribution in [0.4, 0.5) is 0 Å². The summed E-state index contributed by atoms with van der Waals surface area (Å²) in [4.78, 5) is 26.8. The van der Waals surface area contributed by atoms with E-state index in [0.29, 0.717) is 6.61 Å². The van der Waals surface area contributed by atoms with Gasteiger partial charge in [-0.15, -0.1) is 11.8 Å². The molecule has 138 valence electrons. The van der Waals surface area contributed by atoms with Crippen molar-refractivity contribution in [3.63, 3.8) is 0 Å². The molecule has 0 aromatic heterocycles. The van der Waals surface area contributed by atoms with E-state index in [0.717, 1.165) is 12.8 Å². The molecule has 2 saturated heterocycles. The molecule has 0 aliphatic carbocycles. The molecule has 0 aromatic rings. The number of hydrogen-bond donors (Lipinski definition) is 0. The first-order valence-electron chi connectivity index (χ1n) is 7.66. The highest BCUT2D eigenvalue weighted by Crippen LogP contribution is 2.59. The Hall–Kier alpha value is 0.0800. The molecule has 0 N–H and O–H groups in total. The molecular weight excluding hydrogens is 421 g/mol. The number of β-lactam (4-membered cyclic amide) rings is 1. The van der Waals surface area contributed by atoms with Crippen molar-refractivity contribution < 1.29 is 27.9 Å². The minimum absolute atomic E-state index is 0.247. The SMILES string of the molecule is CCCCO[C@]1(Br)C(=O)N2[C@@H](C(=O)OP(OC)OC)C(C)(C)S[C@@H]21. The van der Waals surface area contributed by atoms with Crippen molar-refractivity contribution in [1.82, 2.24) is 4.90 Å². The molecule has 0 radical (unpaired) electrons. The summed E-state index contributed by atoms with van der Waals surface area (Å²) in [5.41, 5.74) is 0. The Morgan fingerprint density at radius 3 is 2.54 bits per heavy atom. The zero-order chi connectivity index (χ0) is 18.1. The van der Waals surface area contributed by atoms with E-state index in [1.807, 2.05) is 13.8 Å². The van der Waals surface area contributed by atoms with Gasteiger partial charge in [-0.05, 0) is 36.2 Å². The Balaban J connectivity index is 2.13. The molecule has 2 aliphatic rings. The largest absolute Gasteiger partial charge is 0.398 e. The van der Waals surface area contributed by atoms with Crippen LogP contribution in [0.2, 0.25) is 0 Å². The molecule has 0 bridgehead atoms. The van der Waals surface area contributed by atoms with E-state index in [9.17, 15) is 9.59 Å². The first-order valence-corrected chi connectivity index (χ1v) is 10.4. The monoisotopic (exact) mass is 443 g/mol. The molecule has 3 atom stereocenters. The van der Waals surface area contributed by atoms with Crippen LogP contribution in [0, 0.1) is 0 Å². The highest BCUT2D eigenvalue weighted by atomic mass is 79.9. The normalized spacial score (nSPS) is 31.1. The minimum atomic E-state index is -1.75. The zero-order valence-electron chi connectivity index (χ0n) is 14.4. The van der Waals surface area contributed by atoms with E-state index in [1.54, 1.807) is 0 Å². The lowest BCUT2D eigenvalue weighted by Crippen LogP contribution is -2.71. The van der Waals surface area contributed by atoms with Gasteiger partial charge in [-0.3, -0.25) is 4.79 Å². The summed E-state index contributed by atoms with van der Waals surface area (Å²) in [6.07, 6.45) is 1.86. The number of alkyl halides is 1. The van der Waals surface area contributed by atoms with Crippen LogP contribution in [-0.2, 0) is 27.9 Å². The number of hydrogen-bond acceptors (Lipinski definition) is 7. The summed E-state index contributed by atoms with van der Waals surface area (Å²) in [7, 11) is 1.05. The quantitative estimate of drug-likeness (QED) is 0.247. The molecule has 0 aromatic carbocycles. The van der Waals surface area contributed by atoms with Crippen LogP contribution in [0.5, 0.6) is 0 Å². The standard InChI is InChI=1S/C14H23BrNO6PS/c1-6-7-8-21-14(15)11(18)16-9(13(2,3)24-12(14)16)10(17)22-23(19-4)20-5/h9,12H,6-8H2,1-5H3/t9-,12+,14+/m0/s1. The van der Waals surface area contributed by atoms with Crippen molar-refractivity contribution in [3.05, 3.63) is 0 Å². The number of amides is 1. The van der Waals surface area contributed by atoms with Gasteiger partial charge in [0.1, 0.15) is 11.4 Å². The molecule has 2 fully saturated rings. The van der Waals surface area contributed by atoms with Crippen LogP contribution in [0.15, 0.2) is 0 Å². The Morgan fingerprint density at radius 1 is 1.38 bits per heavy atom. The van der Waals surface area contributed by atoms with Crippen LogP contribution < -0.4 is 0 Å². The number of unbranched alkanes of at least 4 members (excludes halogenated alkanes) is 1. The van der Waals surface area contributed by atoms with Crippen molar-refractivity contribution in [2.45, 2.75) is 54.3 Å². The number of fused-ring (bicyclic) bond motifs is 1. The van der Waals surface area contributed by atoms with Crippen molar-refractivity contribution in [2.24, 2.45) is 0 Å². The summed E-state index contributed by atoms with van der Waals surface area (Å²) in [6, 6.07) is -0.712. The molecule has 7 nitrogen and oxygen atoms in total. The number of rotatable bonds is 8. The Labute approximate surface area is 156 Å². The van der Waals surface area contributed by atoms with Gasteiger partial charge in [0.25, 0.3) is 5.91 Å². The van der Waals surface area contributed by atoms with E-state index in [1.165, 1.54) is 30.9 Å². The van der Waals surface area contributed by atoms with Gasteiger partial charge in [0, 0.05) is 25.6 Å². The predicted octanol–water partition coefficient (Wildman–Crippen LogP) is 3.02. The lowest BCUT2D eigenvalue weighted by Gasteiger charge is -2.49. The number of halogens is 1. The average Bonchev–Trinajstić information content (AvgIpc) is 2.82. The Bertz CT molecular complexity index is 506. The van der Waals surface area contributed by atoms with Gasteiger partial charge in [0.2, 0.25) is 4.51 Å². The highest BCUT2D eigenvalue weighted by Gasteiger charge is 2.72. The van der Waals surface area contributed by atoms with Crippen LogP contribution >= 0.6 is 36.3 Å². The molecular formula is C14H23BrNO6PS. The number of ether oxygens (including phenoxy) is 1. The lowest BCUT2D eigenvalue weighted by molar-refractivity contribution is -0.179. The molecule has 2 rings (SSSR count). The van der Waals surface area contributed by atoms with E-state index < -0.39 is 29.9 Å². The van der Waals surface area contributed by atoms with Crippen molar-refractivity contribution in [1.29, 1.82) is 0 Å². The van der Waals surface area contributed by atoms with Gasteiger partial charge in [0.05, 0.1) is 0 Å². The summed E-state index contributed by atoms with van der Waals surface area (Å²) < 4.78 is 19.4. The van der Waals surface area contributed by atoms with Gasteiger partial charge >= 0.3 is 14.6 Å². The minimum Gasteiger partial charge on any atom is -0.393 e. The molecule has 0 saturated carbocycles. The first kappa shape index (κ1) is 20.4. The van der Waals surface area contributed by atoms with Gasteiger partial charge in [-0.2, -0.15) is 0 Å². The maximum atomic E-state index is 12.7.